The highest BCUT2D eigenvalue weighted by Gasteiger charge is 2.31. The van der Waals surface area contributed by atoms with Crippen LogP contribution in [0.2, 0.25) is 5.02 Å². The molecule has 0 aliphatic heterocycles. The average molecular weight is 402 g/mol. The van der Waals surface area contributed by atoms with E-state index in [1.54, 1.807) is 13.0 Å². The predicted octanol–water partition coefficient (Wildman–Crippen LogP) is 4.47. The molecule has 2 rings (SSSR count). The lowest BCUT2D eigenvalue weighted by Crippen LogP contribution is -2.21. The van der Waals surface area contributed by atoms with Crippen LogP contribution in [0.1, 0.15) is 21.5 Å². The van der Waals surface area contributed by atoms with E-state index in [1.165, 1.54) is 19.2 Å². The van der Waals surface area contributed by atoms with Crippen molar-refractivity contribution in [2.75, 3.05) is 19.0 Å². The molecule has 0 fully saturated rings. The van der Waals surface area contributed by atoms with Crippen LogP contribution in [0.5, 0.6) is 5.75 Å². The van der Waals surface area contributed by atoms with Gasteiger partial charge in [-0.15, -0.1) is 0 Å². The third-order valence-corrected chi connectivity index (χ3v) is 3.92. The van der Waals surface area contributed by atoms with Gasteiger partial charge in [0.2, 0.25) is 0 Å². The number of hydrogen-bond acceptors (Lipinski definition) is 4. The van der Waals surface area contributed by atoms with E-state index in [9.17, 15) is 22.8 Å². The fourth-order valence-electron chi connectivity index (χ4n) is 2.15. The van der Waals surface area contributed by atoms with Gasteiger partial charge in [-0.25, -0.2) is 4.79 Å². The van der Waals surface area contributed by atoms with Gasteiger partial charge in [0.05, 0.1) is 23.9 Å². The molecule has 27 heavy (non-hydrogen) atoms. The molecule has 0 spiro atoms. The Hall–Kier alpha value is -2.74. The van der Waals surface area contributed by atoms with E-state index in [0.717, 1.165) is 12.1 Å². The predicted molar refractivity (Wildman–Crippen MR) is 93.1 cm³/mol. The first-order chi connectivity index (χ1) is 12.6. The number of ether oxygens (including phenoxy) is 2. The third-order valence-electron chi connectivity index (χ3n) is 3.51. The molecule has 5 nitrogen and oxygen atoms in total. The number of rotatable bonds is 5. The average Bonchev–Trinajstić information content (AvgIpc) is 2.62. The van der Waals surface area contributed by atoms with Gasteiger partial charge in [-0.2, -0.15) is 13.2 Å². The Bertz CT molecular complexity index is 868. The number of esters is 1. The Morgan fingerprint density at radius 1 is 1.19 bits per heavy atom. The van der Waals surface area contributed by atoms with Crippen molar-refractivity contribution in [2.24, 2.45) is 0 Å². The van der Waals surface area contributed by atoms with E-state index in [2.05, 4.69) is 5.32 Å². The zero-order valence-electron chi connectivity index (χ0n) is 14.3. The van der Waals surface area contributed by atoms with Crippen molar-refractivity contribution >= 4 is 29.2 Å². The lowest BCUT2D eigenvalue weighted by molar-refractivity contribution is -0.137. The Labute approximate surface area is 158 Å². The summed E-state index contributed by atoms with van der Waals surface area (Å²) in [6.07, 6.45) is -4.59. The van der Waals surface area contributed by atoms with Crippen molar-refractivity contribution in [3.63, 3.8) is 0 Å². The molecule has 0 saturated heterocycles. The summed E-state index contributed by atoms with van der Waals surface area (Å²) >= 11 is 5.97. The minimum atomic E-state index is -4.59. The second-order valence-corrected chi connectivity index (χ2v) is 5.91. The zero-order valence-corrected chi connectivity index (χ0v) is 15.1. The van der Waals surface area contributed by atoms with E-state index in [0.29, 0.717) is 28.1 Å². The molecular weight excluding hydrogens is 387 g/mol. The van der Waals surface area contributed by atoms with Crippen molar-refractivity contribution in [1.29, 1.82) is 0 Å². The van der Waals surface area contributed by atoms with Crippen molar-refractivity contribution in [2.45, 2.75) is 13.1 Å². The molecule has 0 saturated carbocycles. The van der Waals surface area contributed by atoms with E-state index in [4.69, 9.17) is 21.1 Å². The number of carbonyl (C=O) groups is 2. The molecule has 1 N–H and O–H groups in total. The van der Waals surface area contributed by atoms with Crippen LogP contribution in [0.25, 0.3) is 0 Å². The van der Waals surface area contributed by atoms with E-state index in [1.807, 2.05) is 0 Å². The molecule has 0 atom stereocenters. The normalized spacial score (nSPS) is 11.0. The highest BCUT2D eigenvalue weighted by Crippen LogP contribution is 2.31. The van der Waals surface area contributed by atoms with Crippen molar-refractivity contribution < 1.29 is 32.2 Å². The van der Waals surface area contributed by atoms with Crippen LogP contribution in [-0.4, -0.2) is 25.6 Å². The molecular formula is C18H15ClF3NO4. The van der Waals surface area contributed by atoms with Crippen LogP contribution in [0, 0.1) is 6.92 Å². The highest BCUT2D eigenvalue weighted by molar-refractivity contribution is 6.31. The highest BCUT2D eigenvalue weighted by atomic mass is 35.5. The Kier molecular flexibility index (Phi) is 6.32. The monoisotopic (exact) mass is 401 g/mol. The lowest BCUT2D eigenvalue weighted by atomic mass is 10.1. The first kappa shape index (κ1) is 20.6. The molecule has 0 radical (unpaired) electrons. The maximum Gasteiger partial charge on any atom is 0.416 e. The van der Waals surface area contributed by atoms with Gasteiger partial charge in [0.15, 0.2) is 6.61 Å². The molecule has 9 heteroatoms. The number of methoxy groups -OCH3 is 1. The number of aryl methyl sites for hydroxylation is 1. The quantitative estimate of drug-likeness (QED) is 0.751. The van der Waals surface area contributed by atoms with Crippen LogP contribution in [0.3, 0.4) is 0 Å². The standard InChI is InChI=1S/C18H15ClF3NO4/c1-10-6-14(15(26-2)8-13(10)19)23-16(24)9-27-17(25)11-4-3-5-12(7-11)18(20,21)22/h3-8H,9H2,1-2H3,(H,23,24). The molecule has 2 aromatic carbocycles. The fraction of sp³-hybridized carbons (Fsp3) is 0.222. The first-order valence-electron chi connectivity index (χ1n) is 7.60. The molecule has 0 aromatic heterocycles. The molecule has 1 amide bonds. The first-order valence-corrected chi connectivity index (χ1v) is 7.98. The topological polar surface area (TPSA) is 64.6 Å². The zero-order chi connectivity index (χ0) is 20.2. The van der Waals surface area contributed by atoms with Crippen LogP contribution in [0.4, 0.5) is 18.9 Å². The summed E-state index contributed by atoms with van der Waals surface area (Å²) in [6.45, 7) is 1.05. The summed E-state index contributed by atoms with van der Waals surface area (Å²) in [5.41, 5.74) is -0.284. The van der Waals surface area contributed by atoms with Gasteiger partial charge in [0.25, 0.3) is 5.91 Å². The number of carbonyl (C=O) groups excluding carboxylic acids is 2. The molecule has 2 aromatic rings. The summed E-state index contributed by atoms with van der Waals surface area (Å²) in [7, 11) is 1.39. The summed E-state index contributed by atoms with van der Waals surface area (Å²) in [5.74, 6) is -1.42. The van der Waals surface area contributed by atoms with E-state index >= 15 is 0 Å². The Balaban J connectivity index is 2.02. The van der Waals surface area contributed by atoms with Crippen molar-refractivity contribution in [3.05, 3.63) is 58.1 Å². The number of anilines is 1. The number of benzene rings is 2. The van der Waals surface area contributed by atoms with E-state index < -0.39 is 30.2 Å². The van der Waals surface area contributed by atoms with Crippen LogP contribution in [0.15, 0.2) is 36.4 Å². The van der Waals surface area contributed by atoms with Gasteiger partial charge in [-0.3, -0.25) is 4.79 Å². The Morgan fingerprint density at radius 3 is 2.52 bits per heavy atom. The molecule has 0 bridgehead atoms. The van der Waals surface area contributed by atoms with Crippen LogP contribution < -0.4 is 10.1 Å². The minimum absolute atomic E-state index is 0.308. The summed E-state index contributed by atoms with van der Waals surface area (Å²) in [4.78, 5) is 23.9. The van der Waals surface area contributed by atoms with Crippen molar-refractivity contribution in [3.8, 4) is 5.75 Å². The minimum Gasteiger partial charge on any atom is -0.495 e. The molecule has 144 valence electrons. The summed E-state index contributed by atoms with van der Waals surface area (Å²) in [6, 6.07) is 6.83. The number of alkyl halides is 3. The third kappa shape index (κ3) is 5.37. The Morgan fingerprint density at radius 2 is 1.89 bits per heavy atom. The number of halogens is 4. The number of amides is 1. The van der Waals surface area contributed by atoms with Crippen LogP contribution in [-0.2, 0) is 15.7 Å². The van der Waals surface area contributed by atoms with Gasteiger partial charge in [-0.05, 0) is 36.8 Å². The van der Waals surface area contributed by atoms with Crippen molar-refractivity contribution in [1.82, 2.24) is 0 Å². The van der Waals surface area contributed by atoms with Crippen LogP contribution >= 0.6 is 11.6 Å². The summed E-state index contributed by atoms with van der Waals surface area (Å²) in [5, 5.41) is 2.94. The van der Waals surface area contributed by atoms with Gasteiger partial charge >= 0.3 is 12.1 Å². The second kappa shape index (κ2) is 8.30. The summed E-state index contributed by atoms with van der Waals surface area (Å²) < 4.78 is 47.9. The van der Waals surface area contributed by atoms with Gasteiger partial charge in [-0.1, -0.05) is 17.7 Å². The number of nitrogens with one attached hydrogen (secondary N) is 1. The maximum absolute atomic E-state index is 12.7. The van der Waals surface area contributed by atoms with Gasteiger partial charge in [0, 0.05) is 11.1 Å². The number of hydrogen-bond donors (Lipinski definition) is 1. The SMILES string of the molecule is COc1cc(Cl)c(C)cc1NC(=O)COC(=O)c1cccc(C(F)(F)F)c1. The van der Waals surface area contributed by atoms with Gasteiger partial charge < -0.3 is 14.8 Å². The smallest absolute Gasteiger partial charge is 0.416 e. The molecule has 0 aliphatic rings. The fourth-order valence-corrected chi connectivity index (χ4v) is 2.31. The largest absolute Gasteiger partial charge is 0.495 e. The maximum atomic E-state index is 12.7. The van der Waals surface area contributed by atoms with E-state index in [-0.39, 0.29) is 5.56 Å². The molecule has 0 unspecified atom stereocenters. The lowest BCUT2D eigenvalue weighted by Gasteiger charge is -2.12. The van der Waals surface area contributed by atoms with Gasteiger partial charge in [0.1, 0.15) is 5.75 Å². The molecule has 0 heterocycles. The molecule has 0 aliphatic carbocycles. The second-order valence-electron chi connectivity index (χ2n) is 5.50.